The normalized spacial score (nSPS) is 10.4. The first-order valence-corrected chi connectivity index (χ1v) is 13.3. The van der Waals surface area contributed by atoms with Gasteiger partial charge in [0.05, 0.1) is 51.8 Å². The highest BCUT2D eigenvalue weighted by Crippen LogP contribution is 2.31. The summed E-state index contributed by atoms with van der Waals surface area (Å²) < 4.78 is 21.4. The van der Waals surface area contributed by atoms with Crippen molar-refractivity contribution in [2.45, 2.75) is 26.4 Å². The number of carbonyl (C=O) groups is 2. The maximum absolute atomic E-state index is 12.8. The number of carbonyl (C=O) groups excluding carboxylic acids is 2. The maximum Gasteiger partial charge on any atom is 0.344 e. The predicted octanol–water partition coefficient (Wildman–Crippen LogP) is 3.51. The fourth-order valence-electron chi connectivity index (χ4n) is 4.28. The van der Waals surface area contributed by atoms with Crippen molar-refractivity contribution in [1.82, 2.24) is 0 Å². The standard InChI is InChI=1S/C34H30O10/c1-41-31-15-26(20-38)30(16-32(31)42-2)34(40)44-28-11-7-22(8-12-28)4-3-21-5-9-27(10-6-21)43-33(39)29-14-24(18-36)23(17-35)13-25(29)19-37/h5-16,35-38H,17-20H2,1-2H3. The zero-order valence-corrected chi connectivity index (χ0v) is 24.0. The molecule has 4 N–H and O–H groups in total. The van der Waals surface area contributed by atoms with E-state index < -0.39 is 25.2 Å². The quantitative estimate of drug-likeness (QED) is 0.121. The van der Waals surface area contributed by atoms with E-state index in [0.29, 0.717) is 39.3 Å². The molecule has 0 unspecified atom stereocenters. The zero-order chi connectivity index (χ0) is 31.6. The lowest BCUT2D eigenvalue weighted by molar-refractivity contribution is 0.0721. The highest BCUT2D eigenvalue weighted by molar-refractivity contribution is 5.94. The van der Waals surface area contributed by atoms with Crippen LogP contribution in [0.2, 0.25) is 0 Å². The third kappa shape index (κ3) is 7.42. The Bertz CT molecular complexity index is 1570. The Hall–Kier alpha value is -5.18. The van der Waals surface area contributed by atoms with Crippen molar-refractivity contribution in [1.29, 1.82) is 0 Å². The summed E-state index contributed by atoms with van der Waals surface area (Å²) in [5.74, 6) is 5.88. The lowest BCUT2D eigenvalue weighted by atomic mass is 9.99. The van der Waals surface area contributed by atoms with E-state index in [0.717, 1.165) is 0 Å². The molecular formula is C34H30O10. The molecule has 0 aliphatic carbocycles. The first-order valence-electron chi connectivity index (χ1n) is 13.3. The molecule has 0 atom stereocenters. The first kappa shape index (κ1) is 31.7. The Balaban J connectivity index is 1.41. The molecule has 0 saturated heterocycles. The smallest absolute Gasteiger partial charge is 0.344 e. The molecule has 4 aromatic carbocycles. The summed E-state index contributed by atoms with van der Waals surface area (Å²) in [5.41, 5.74) is 2.92. The largest absolute Gasteiger partial charge is 0.493 e. The topological polar surface area (TPSA) is 152 Å². The molecule has 0 aliphatic rings. The van der Waals surface area contributed by atoms with Crippen LogP contribution in [0.1, 0.15) is 54.1 Å². The Morgan fingerprint density at radius 2 is 0.932 bits per heavy atom. The predicted molar refractivity (Wildman–Crippen MR) is 158 cm³/mol. The van der Waals surface area contributed by atoms with E-state index in [-0.39, 0.29) is 41.4 Å². The molecule has 10 nitrogen and oxygen atoms in total. The zero-order valence-electron chi connectivity index (χ0n) is 24.0. The Labute approximate surface area is 253 Å². The van der Waals surface area contributed by atoms with Crippen LogP contribution in [0.4, 0.5) is 0 Å². The number of benzene rings is 4. The van der Waals surface area contributed by atoms with Gasteiger partial charge in [-0.1, -0.05) is 11.8 Å². The van der Waals surface area contributed by atoms with Gasteiger partial charge in [0.2, 0.25) is 0 Å². The molecule has 0 aliphatic heterocycles. The van der Waals surface area contributed by atoms with Crippen molar-refractivity contribution in [2.24, 2.45) is 0 Å². The molecule has 0 fully saturated rings. The monoisotopic (exact) mass is 598 g/mol. The number of aliphatic hydroxyl groups excluding tert-OH is 4. The second-order valence-electron chi connectivity index (χ2n) is 9.35. The average Bonchev–Trinajstić information content (AvgIpc) is 3.07. The van der Waals surface area contributed by atoms with Crippen LogP contribution in [0.15, 0.2) is 72.8 Å². The number of esters is 2. The van der Waals surface area contributed by atoms with Crippen molar-refractivity contribution in [3.8, 4) is 34.8 Å². The number of methoxy groups -OCH3 is 2. The van der Waals surface area contributed by atoms with Gasteiger partial charge in [0.1, 0.15) is 11.5 Å². The maximum atomic E-state index is 12.8. The molecule has 0 spiro atoms. The number of rotatable bonds is 10. The second-order valence-corrected chi connectivity index (χ2v) is 9.35. The highest BCUT2D eigenvalue weighted by Gasteiger charge is 2.19. The van der Waals surface area contributed by atoms with Gasteiger partial charge in [0.15, 0.2) is 11.5 Å². The van der Waals surface area contributed by atoms with Gasteiger partial charge in [-0.3, -0.25) is 0 Å². The molecule has 4 rings (SSSR count). The van der Waals surface area contributed by atoms with E-state index in [4.69, 9.17) is 18.9 Å². The number of hydrogen-bond donors (Lipinski definition) is 4. The first-order chi connectivity index (χ1) is 21.3. The molecule has 0 amide bonds. The van der Waals surface area contributed by atoms with E-state index in [1.165, 1.54) is 38.5 Å². The van der Waals surface area contributed by atoms with E-state index in [1.54, 1.807) is 48.5 Å². The molecule has 226 valence electrons. The van der Waals surface area contributed by atoms with Gasteiger partial charge in [-0.15, -0.1) is 0 Å². The van der Waals surface area contributed by atoms with Crippen LogP contribution in [-0.2, 0) is 26.4 Å². The van der Waals surface area contributed by atoms with E-state index in [9.17, 15) is 30.0 Å². The molecular weight excluding hydrogens is 568 g/mol. The van der Waals surface area contributed by atoms with Crippen molar-refractivity contribution < 1.29 is 49.0 Å². The molecule has 4 aromatic rings. The summed E-state index contributed by atoms with van der Waals surface area (Å²) in [7, 11) is 2.90. The summed E-state index contributed by atoms with van der Waals surface area (Å²) in [4.78, 5) is 25.6. The van der Waals surface area contributed by atoms with Gasteiger partial charge in [-0.25, -0.2) is 9.59 Å². The fraction of sp³-hybridized carbons (Fsp3) is 0.176. The highest BCUT2D eigenvalue weighted by atomic mass is 16.5. The van der Waals surface area contributed by atoms with Gasteiger partial charge in [-0.05, 0) is 95.1 Å². The molecule has 0 saturated carbocycles. The van der Waals surface area contributed by atoms with Gasteiger partial charge in [-0.2, -0.15) is 0 Å². The summed E-state index contributed by atoms with van der Waals surface area (Å²) in [6, 6.07) is 18.9. The van der Waals surface area contributed by atoms with Crippen LogP contribution in [-0.4, -0.2) is 46.6 Å². The Morgan fingerprint density at radius 1 is 0.545 bits per heavy atom. The second kappa shape index (κ2) is 14.8. The minimum Gasteiger partial charge on any atom is -0.493 e. The molecule has 44 heavy (non-hydrogen) atoms. The third-order valence-corrected chi connectivity index (χ3v) is 6.64. The Morgan fingerprint density at radius 3 is 1.36 bits per heavy atom. The van der Waals surface area contributed by atoms with Crippen molar-refractivity contribution >= 4 is 11.9 Å². The SMILES string of the molecule is COc1cc(CO)c(C(=O)Oc2ccc(C#Cc3ccc(OC(=O)c4cc(CO)c(CO)cc4CO)cc3)cc2)cc1OC. The average molecular weight is 599 g/mol. The van der Waals surface area contributed by atoms with Gasteiger partial charge >= 0.3 is 11.9 Å². The number of ether oxygens (including phenoxy) is 4. The van der Waals surface area contributed by atoms with Crippen LogP contribution < -0.4 is 18.9 Å². The van der Waals surface area contributed by atoms with E-state index >= 15 is 0 Å². The fourth-order valence-corrected chi connectivity index (χ4v) is 4.28. The minimum absolute atomic E-state index is 0.0873. The summed E-state index contributed by atoms with van der Waals surface area (Å²) in [6.45, 7) is -1.55. The van der Waals surface area contributed by atoms with E-state index in [1.807, 2.05) is 0 Å². The lowest BCUT2D eigenvalue weighted by Gasteiger charge is -2.13. The number of aliphatic hydroxyl groups is 4. The Kier molecular flexibility index (Phi) is 10.7. The van der Waals surface area contributed by atoms with Crippen molar-refractivity contribution in [3.63, 3.8) is 0 Å². The summed E-state index contributed by atoms with van der Waals surface area (Å²) >= 11 is 0. The summed E-state index contributed by atoms with van der Waals surface area (Å²) in [6.07, 6.45) is 0. The van der Waals surface area contributed by atoms with Gasteiger partial charge in [0, 0.05) is 11.1 Å². The molecule has 10 heteroatoms. The van der Waals surface area contributed by atoms with E-state index in [2.05, 4.69) is 11.8 Å². The molecule has 0 aromatic heterocycles. The molecule has 0 radical (unpaired) electrons. The minimum atomic E-state index is -0.716. The van der Waals surface area contributed by atoms with Crippen LogP contribution in [0, 0.1) is 11.8 Å². The van der Waals surface area contributed by atoms with Crippen LogP contribution in [0.3, 0.4) is 0 Å². The van der Waals surface area contributed by atoms with Gasteiger partial charge in [0.25, 0.3) is 0 Å². The molecule has 0 heterocycles. The van der Waals surface area contributed by atoms with Gasteiger partial charge < -0.3 is 39.4 Å². The number of hydrogen-bond acceptors (Lipinski definition) is 10. The summed E-state index contributed by atoms with van der Waals surface area (Å²) in [5, 5.41) is 38.3. The lowest BCUT2D eigenvalue weighted by Crippen LogP contribution is -2.13. The third-order valence-electron chi connectivity index (χ3n) is 6.64. The van der Waals surface area contributed by atoms with Crippen LogP contribution >= 0.6 is 0 Å². The van der Waals surface area contributed by atoms with Crippen LogP contribution in [0.25, 0.3) is 0 Å². The van der Waals surface area contributed by atoms with Crippen molar-refractivity contribution in [2.75, 3.05) is 14.2 Å². The van der Waals surface area contributed by atoms with Crippen molar-refractivity contribution in [3.05, 3.63) is 117 Å². The van der Waals surface area contributed by atoms with Crippen LogP contribution in [0.5, 0.6) is 23.0 Å². The molecule has 0 bridgehead atoms.